The molecule has 0 aliphatic heterocycles. The van der Waals surface area contributed by atoms with E-state index in [0.717, 1.165) is 17.5 Å². The van der Waals surface area contributed by atoms with Gasteiger partial charge in [-0.05, 0) is 181 Å². The van der Waals surface area contributed by atoms with Crippen molar-refractivity contribution >= 4 is 17.1 Å². The lowest BCUT2D eigenvalue weighted by atomic mass is 9.43. The Labute approximate surface area is 401 Å². The van der Waals surface area contributed by atoms with Crippen LogP contribution in [0.1, 0.15) is 68.2 Å². The molecule has 0 atom stereocenters. The Morgan fingerprint density at radius 1 is 0.324 bits per heavy atom. The molecular formula is C67H55N. The van der Waals surface area contributed by atoms with E-state index >= 15 is 0 Å². The predicted molar refractivity (Wildman–Crippen MR) is 284 cm³/mol. The minimum Gasteiger partial charge on any atom is -0.310 e. The Hall–Kier alpha value is -7.22. The zero-order valence-corrected chi connectivity index (χ0v) is 39.0. The Morgan fingerprint density at radius 2 is 0.750 bits per heavy atom. The van der Waals surface area contributed by atoms with Gasteiger partial charge in [0, 0.05) is 27.9 Å². The maximum Gasteiger partial charge on any atom is 0.0465 e. The van der Waals surface area contributed by atoms with Crippen molar-refractivity contribution in [3.63, 3.8) is 0 Å². The van der Waals surface area contributed by atoms with E-state index in [0.29, 0.717) is 11.8 Å². The molecular weight excluding hydrogens is 819 g/mol. The van der Waals surface area contributed by atoms with Gasteiger partial charge in [-0.25, -0.2) is 0 Å². The van der Waals surface area contributed by atoms with Crippen LogP contribution in [0.4, 0.5) is 17.1 Å². The first-order valence-electron chi connectivity index (χ1n) is 25.2. The van der Waals surface area contributed by atoms with Gasteiger partial charge in [-0.3, -0.25) is 0 Å². The zero-order valence-electron chi connectivity index (χ0n) is 39.0. The van der Waals surface area contributed by atoms with Gasteiger partial charge in [-0.1, -0.05) is 190 Å². The second-order valence-corrected chi connectivity index (χ2v) is 21.3. The molecule has 0 N–H and O–H groups in total. The van der Waals surface area contributed by atoms with Crippen LogP contribution in [0.3, 0.4) is 0 Å². The third-order valence-corrected chi connectivity index (χ3v) is 17.5. The van der Waals surface area contributed by atoms with E-state index in [1.165, 1.54) is 121 Å². The molecule has 4 fully saturated rings. The molecule has 0 heterocycles. The lowest BCUT2D eigenvalue weighted by Gasteiger charge is -2.61. The molecule has 0 saturated heterocycles. The molecule has 1 spiro atoms. The number of fused-ring (bicyclic) bond motifs is 6. The summed E-state index contributed by atoms with van der Waals surface area (Å²) in [7, 11) is 0. The second kappa shape index (κ2) is 15.1. The van der Waals surface area contributed by atoms with Crippen LogP contribution in [0, 0.1) is 23.7 Å². The van der Waals surface area contributed by atoms with Crippen LogP contribution < -0.4 is 4.90 Å². The van der Waals surface area contributed by atoms with Crippen LogP contribution in [-0.4, -0.2) is 0 Å². The van der Waals surface area contributed by atoms with Gasteiger partial charge < -0.3 is 4.90 Å². The average molecular weight is 874 g/mol. The van der Waals surface area contributed by atoms with Crippen molar-refractivity contribution in [1.29, 1.82) is 0 Å². The van der Waals surface area contributed by atoms with Crippen LogP contribution in [-0.2, 0) is 10.8 Å². The smallest absolute Gasteiger partial charge is 0.0465 e. The van der Waals surface area contributed by atoms with E-state index in [9.17, 15) is 0 Å². The molecule has 9 aromatic carbocycles. The summed E-state index contributed by atoms with van der Waals surface area (Å²) in [6, 6.07) is 80.3. The minimum atomic E-state index is -0.0882. The molecule has 4 bridgehead atoms. The number of anilines is 3. The van der Waals surface area contributed by atoms with Crippen molar-refractivity contribution in [3.8, 4) is 66.8 Å². The van der Waals surface area contributed by atoms with E-state index in [-0.39, 0.29) is 10.8 Å². The topological polar surface area (TPSA) is 3.24 Å². The van der Waals surface area contributed by atoms with E-state index in [4.69, 9.17) is 0 Å². The Bertz CT molecular complexity index is 3380. The predicted octanol–water partition coefficient (Wildman–Crippen LogP) is 17.9. The Morgan fingerprint density at radius 3 is 1.37 bits per heavy atom. The zero-order chi connectivity index (χ0) is 45.1. The van der Waals surface area contributed by atoms with E-state index < -0.39 is 0 Å². The van der Waals surface area contributed by atoms with Crippen molar-refractivity contribution in [1.82, 2.24) is 0 Å². The lowest BCUT2D eigenvalue weighted by Crippen LogP contribution is -2.55. The first kappa shape index (κ1) is 39.9. The van der Waals surface area contributed by atoms with Gasteiger partial charge in [0.2, 0.25) is 0 Å². The second-order valence-electron chi connectivity index (χ2n) is 21.3. The molecule has 4 saturated carbocycles. The van der Waals surface area contributed by atoms with Crippen LogP contribution in [0.5, 0.6) is 0 Å². The number of hydrogen-bond acceptors (Lipinski definition) is 1. The summed E-state index contributed by atoms with van der Waals surface area (Å²) in [5.74, 6) is 3.22. The summed E-state index contributed by atoms with van der Waals surface area (Å²) in [5.41, 5.74) is 25.2. The first-order valence-corrected chi connectivity index (χ1v) is 25.2. The van der Waals surface area contributed by atoms with E-state index in [1.807, 2.05) is 0 Å². The minimum absolute atomic E-state index is 0.0882. The number of nitrogens with zero attached hydrogens (tertiary/aromatic N) is 1. The van der Waals surface area contributed by atoms with Gasteiger partial charge in [0.05, 0.1) is 0 Å². The molecule has 1 nitrogen and oxygen atoms in total. The molecule has 0 amide bonds. The van der Waals surface area contributed by atoms with Crippen molar-refractivity contribution < 1.29 is 0 Å². The first-order chi connectivity index (χ1) is 33.4. The molecule has 0 radical (unpaired) electrons. The third kappa shape index (κ3) is 5.87. The normalized spacial score (nSPS) is 21.9. The molecule has 68 heavy (non-hydrogen) atoms. The molecule has 9 aromatic rings. The monoisotopic (exact) mass is 873 g/mol. The highest BCUT2D eigenvalue weighted by molar-refractivity contribution is 5.91. The number of benzene rings is 9. The van der Waals surface area contributed by atoms with E-state index in [1.54, 1.807) is 11.1 Å². The average Bonchev–Trinajstić information content (AvgIpc) is 3.81. The van der Waals surface area contributed by atoms with Crippen LogP contribution >= 0.6 is 0 Å². The summed E-state index contributed by atoms with van der Waals surface area (Å²) >= 11 is 0. The van der Waals surface area contributed by atoms with Crippen molar-refractivity contribution in [2.24, 2.45) is 23.7 Å². The summed E-state index contributed by atoms with van der Waals surface area (Å²) in [6.07, 6.45) is 6.96. The fourth-order valence-electron chi connectivity index (χ4n) is 14.9. The number of rotatable bonds is 7. The van der Waals surface area contributed by atoms with Gasteiger partial charge in [-0.15, -0.1) is 0 Å². The fourth-order valence-corrected chi connectivity index (χ4v) is 14.9. The summed E-state index contributed by atoms with van der Waals surface area (Å²) < 4.78 is 0. The SMILES string of the molecule is CC1(C)c2ccccc2-c2cccc(-c3ccc(N(c4ccc(-c5ccccc5-c5ccc(-c6ccccc6)cc5)cc4)c4ccc5c(c4)C4(c6ccccc6-5)C5CC6CC(C5)CC4C6)cc3)c21. The highest BCUT2D eigenvalue weighted by Crippen LogP contribution is 2.69. The molecule has 0 unspecified atom stereocenters. The van der Waals surface area contributed by atoms with Crippen molar-refractivity contribution in [2.45, 2.75) is 56.8 Å². The summed E-state index contributed by atoms with van der Waals surface area (Å²) in [6.45, 7) is 4.78. The highest BCUT2D eigenvalue weighted by Gasteiger charge is 2.61. The molecule has 15 rings (SSSR count). The largest absolute Gasteiger partial charge is 0.310 e. The van der Waals surface area contributed by atoms with Gasteiger partial charge in [0.15, 0.2) is 0 Å². The molecule has 0 aromatic heterocycles. The molecule has 6 aliphatic carbocycles. The maximum atomic E-state index is 2.64. The molecule has 328 valence electrons. The maximum absolute atomic E-state index is 2.64. The van der Waals surface area contributed by atoms with Crippen LogP contribution in [0.15, 0.2) is 212 Å². The van der Waals surface area contributed by atoms with Gasteiger partial charge in [0.25, 0.3) is 0 Å². The summed E-state index contributed by atoms with van der Waals surface area (Å²) in [5, 5.41) is 0. The van der Waals surface area contributed by atoms with Gasteiger partial charge in [0.1, 0.15) is 0 Å². The van der Waals surface area contributed by atoms with Crippen LogP contribution in [0.25, 0.3) is 66.8 Å². The fraction of sp³-hybridized carbons (Fsp3) is 0.194. The Balaban J connectivity index is 0.884. The van der Waals surface area contributed by atoms with Crippen molar-refractivity contribution in [3.05, 3.63) is 235 Å². The summed E-state index contributed by atoms with van der Waals surface area (Å²) in [4.78, 5) is 2.53. The standard InChI is InChI=1S/C67H55N/c1-66(2)62-21-10-8-18-59(62)61-20-12-19-57(65(61)66)49-29-33-53(34-30-49)68(52-31-27-48(28-32-52)56-16-7-6-15-55(56)47-25-23-46(24-26-47)45-13-4-3-5-14-45)54-35-36-60-58-17-9-11-22-63(58)67(64(60)42-54)50-38-43-37-44(40-50)41-51(67)39-43/h3-36,42-44,50-51H,37-41H2,1-2H3. The van der Waals surface area contributed by atoms with Crippen LogP contribution in [0.2, 0.25) is 0 Å². The highest BCUT2D eigenvalue weighted by atomic mass is 15.1. The number of hydrogen-bond donors (Lipinski definition) is 0. The molecule has 6 aliphatic rings. The quantitative estimate of drug-likeness (QED) is 0.154. The van der Waals surface area contributed by atoms with E-state index in [2.05, 4.69) is 231 Å². The molecule has 1 heteroatoms. The lowest BCUT2D eigenvalue weighted by molar-refractivity contribution is -0.0399. The Kier molecular flexibility index (Phi) is 8.89. The van der Waals surface area contributed by atoms with Gasteiger partial charge in [-0.2, -0.15) is 0 Å². The van der Waals surface area contributed by atoms with Gasteiger partial charge >= 0.3 is 0 Å². The van der Waals surface area contributed by atoms with Crippen molar-refractivity contribution in [2.75, 3.05) is 4.90 Å². The third-order valence-electron chi connectivity index (χ3n) is 17.5.